The number of rotatable bonds is 6. The number of amides is 1. The molecule has 3 rings (SSSR count). The van der Waals surface area contributed by atoms with Crippen LogP contribution in [0, 0.1) is 6.92 Å². The van der Waals surface area contributed by atoms with Gasteiger partial charge < -0.3 is 5.32 Å². The molecule has 3 aromatic rings. The van der Waals surface area contributed by atoms with Crippen LogP contribution in [0.3, 0.4) is 0 Å². The quantitative estimate of drug-likeness (QED) is 0.620. The first-order valence-corrected chi connectivity index (χ1v) is 10.0. The van der Waals surface area contributed by atoms with E-state index in [1.807, 2.05) is 49.4 Å². The Balaban J connectivity index is 1.67. The Kier molecular flexibility index (Phi) is 6.54. The Bertz CT molecular complexity index is 1030. The van der Waals surface area contributed by atoms with Crippen molar-refractivity contribution in [3.8, 4) is 5.69 Å². The molecule has 2 aromatic carbocycles. The fourth-order valence-corrected chi connectivity index (χ4v) is 3.58. The largest absolute Gasteiger partial charge is 0.351 e. The number of carbonyl (C=O) groups excluding carboxylic acids is 1. The van der Waals surface area contributed by atoms with Gasteiger partial charge in [-0.2, -0.15) is 9.78 Å². The van der Waals surface area contributed by atoms with Crippen molar-refractivity contribution in [2.75, 3.05) is 0 Å². The molecule has 0 aliphatic carbocycles. The van der Waals surface area contributed by atoms with Gasteiger partial charge in [-0.05, 0) is 49.7 Å². The lowest BCUT2D eigenvalue weighted by Gasteiger charge is -2.13. The highest BCUT2D eigenvalue weighted by molar-refractivity contribution is 8.00. The zero-order valence-corrected chi connectivity index (χ0v) is 17.1. The van der Waals surface area contributed by atoms with Crippen LogP contribution in [0.5, 0.6) is 0 Å². The minimum Gasteiger partial charge on any atom is -0.351 e. The topological polar surface area (TPSA) is 64.0 Å². The van der Waals surface area contributed by atoms with Gasteiger partial charge >= 0.3 is 0 Å². The number of halogens is 1. The summed E-state index contributed by atoms with van der Waals surface area (Å²) in [6.45, 7) is 4.19. The van der Waals surface area contributed by atoms with Gasteiger partial charge in [0.15, 0.2) is 0 Å². The molecule has 5 nitrogen and oxygen atoms in total. The van der Waals surface area contributed by atoms with E-state index in [1.165, 1.54) is 22.5 Å². The van der Waals surface area contributed by atoms with Gasteiger partial charge in [-0.3, -0.25) is 9.59 Å². The summed E-state index contributed by atoms with van der Waals surface area (Å²) in [7, 11) is 0. The van der Waals surface area contributed by atoms with E-state index in [2.05, 4.69) is 10.4 Å². The zero-order chi connectivity index (χ0) is 20.1. The molecule has 0 aliphatic rings. The minimum atomic E-state index is -0.365. The zero-order valence-electron chi connectivity index (χ0n) is 15.6. The first-order chi connectivity index (χ1) is 13.4. The summed E-state index contributed by atoms with van der Waals surface area (Å²) in [6, 6.07) is 18.0. The molecule has 0 saturated heterocycles. The molecule has 0 saturated carbocycles. The maximum absolute atomic E-state index is 12.4. The fourth-order valence-electron chi connectivity index (χ4n) is 2.54. The van der Waals surface area contributed by atoms with E-state index in [9.17, 15) is 9.59 Å². The predicted molar refractivity (Wildman–Crippen MR) is 113 cm³/mol. The van der Waals surface area contributed by atoms with Crippen molar-refractivity contribution in [2.45, 2.75) is 30.7 Å². The third-order valence-corrected chi connectivity index (χ3v) is 5.34. The van der Waals surface area contributed by atoms with E-state index < -0.39 is 0 Å². The molecule has 144 valence electrons. The predicted octanol–water partition coefficient (Wildman–Crippen LogP) is 3.99. The van der Waals surface area contributed by atoms with E-state index in [1.54, 1.807) is 19.1 Å². The van der Waals surface area contributed by atoms with Crippen molar-refractivity contribution in [2.24, 2.45) is 0 Å². The number of hydrogen-bond donors (Lipinski definition) is 1. The van der Waals surface area contributed by atoms with Gasteiger partial charge in [0.25, 0.3) is 5.56 Å². The highest BCUT2D eigenvalue weighted by Crippen LogP contribution is 2.21. The van der Waals surface area contributed by atoms with Crippen molar-refractivity contribution < 1.29 is 4.79 Å². The second-order valence-electron chi connectivity index (χ2n) is 6.36. The number of carbonyl (C=O) groups is 1. The molecule has 1 unspecified atom stereocenters. The standard InChI is InChI=1S/C21H20ClN3O2S/c1-14-6-8-18(9-7-14)25-20(26)11-10-19(24-25)28-15(2)21(27)23-13-16-4-3-5-17(22)12-16/h3-12,15H,13H2,1-2H3,(H,23,27). The van der Waals surface area contributed by atoms with Crippen LogP contribution < -0.4 is 10.9 Å². The number of hydrogen-bond acceptors (Lipinski definition) is 4. The van der Waals surface area contributed by atoms with E-state index >= 15 is 0 Å². The van der Waals surface area contributed by atoms with Gasteiger partial charge in [-0.1, -0.05) is 53.2 Å². The van der Waals surface area contributed by atoms with Crippen LogP contribution in [0.1, 0.15) is 18.1 Å². The molecule has 1 aromatic heterocycles. The molecule has 1 heterocycles. The van der Waals surface area contributed by atoms with Crippen LogP contribution in [0.15, 0.2) is 70.5 Å². The number of aryl methyl sites for hydroxylation is 1. The molecule has 1 N–H and O–H groups in total. The monoisotopic (exact) mass is 413 g/mol. The number of nitrogens with one attached hydrogen (secondary N) is 1. The Hall–Kier alpha value is -2.57. The highest BCUT2D eigenvalue weighted by atomic mass is 35.5. The second-order valence-corrected chi connectivity index (χ2v) is 8.16. The SMILES string of the molecule is Cc1ccc(-n2nc(SC(C)C(=O)NCc3cccc(Cl)c3)ccc2=O)cc1. The van der Waals surface area contributed by atoms with Gasteiger partial charge in [0.1, 0.15) is 5.03 Å². The Morgan fingerprint density at radius 1 is 1.18 bits per heavy atom. The molecule has 0 fully saturated rings. The maximum atomic E-state index is 12.4. The maximum Gasteiger partial charge on any atom is 0.271 e. The van der Waals surface area contributed by atoms with Gasteiger partial charge in [0, 0.05) is 17.6 Å². The highest BCUT2D eigenvalue weighted by Gasteiger charge is 2.16. The molecular weight excluding hydrogens is 394 g/mol. The van der Waals surface area contributed by atoms with Crippen LogP contribution in [0.4, 0.5) is 0 Å². The molecule has 0 spiro atoms. The van der Waals surface area contributed by atoms with Gasteiger partial charge in [-0.15, -0.1) is 0 Å². The summed E-state index contributed by atoms with van der Waals surface area (Å²) >= 11 is 7.27. The van der Waals surface area contributed by atoms with Crippen LogP contribution in [-0.2, 0) is 11.3 Å². The van der Waals surface area contributed by atoms with E-state index in [0.29, 0.717) is 22.3 Å². The Morgan fingerprint density at radius 2 is 1.93 bits per heavy atom. The van der Waals surface area contributed by atoms with Crippen LogP contribution in [0.2, 0.25) is 5.02 Å². The van der Waals surface area contributed by atoms with Crippen LogP contribution >= 0.6 is 23.4 Å². The second kappa shape index (κ2) is 9.08. The normalized spacial score (nSPS) is 11.8. The summed E-state index contributed by atoms with van der Waals surface area (Å²) in [5, 5.41) is 8.16. The summed E-state index contributed by atoms with van der Waals surface area (Å²) in [4.78, 5) is 24.6. The van der Waals surface area contributed by atoms with E-state index in [0.717, 1.165) is 11.1 Å². The number of nitrogens with zero attached hydrogens (tertiary/aromatic N) is 2. The van der Waals surface area contributed by atoms with Crippen molar-refractivity contribution in [1.82, 2.24) is 15.1 Å². The van der Waals surface area contributed by atoms with E-state index in [4.69, 9.17) is 11.6 Å². The van der Waals surface area contributed by atoms with Crippen LogP contribution in [-0.4, -0.2) is 20.9 Å². The Labute approximate surface area is 172 Å². The minimum absolute atomic E-state index is 0.111. The third kappa shape index (κ3) is 5.24. The van der Waals surface area contributed by atoms with Crippen molar-refractivity contribution in [3.63, 3.8) is 0 Å². The smallest absolute Gasteiger partial charge is 0.271 e. The fraction of sp³-hybridized carbons (Fsp3) is 0.190. The summed E-state index contributed by atoms with van der Waals surface area (Å²) in [5.41, 5.74) is 2.51. The molecule has 28 heavy (non-hydrogen) atoms. The van der Waals surface area contributed by atoms with E-state index in [-0.39, 0.29) is 16.7 Å². The molecule has 1 amide bonds. The molecular formula is C21H20ClN3O2S. The van der Waals surface area contributed by atoms with Crippen LogP contribution in [0.25, 0.3) is 5.69 Å². The average Bonchev–Trinajstić information content (AvgIpc) is 2.68. The molecule has 7 heteroatoms. The van der Waals surface area contributed by atoms with Gasteiger partial charge in [-0.25, -0.2) is 0 Å². The van der Waals surface area contributed by atoms with Gasteiger partial charge in [0.05, 0.1) is 10.9 Å². The molecule has 1 atom stereocenters. The summed E-state index contributed by atoms with van der Waals surface area (Å²) in [5.74, 6) is -0.111. The lowest BCUT2D eigenvalue weighted by Crippen LogP contribution is -2.30. The summed E-state index contributed by atoms with van der Waals surface area (Å²) < 4.78 is 1.35. The number of aromatic nitrogens is 2. The lowest BCUT2D eigenvalue weighted by molar-refractivity contribution is -0.120. The third-order valence-electron chi connectivity index (χ3n) is 4.08. The van der Waals surface area contributed by atoms with Gasteiger partial charge in [0.2, 0.25) is 5.91 Å². The number of benzene rings is 2. The average molecular weight is 414 g/mol. The number of thioether (sulfide) groups is 1. The molecule has 0 radical (unpaired) electrons. The summed E-state index contributed by atoms with van der Waals surface area (Å²) in [6.07, 6.45) is 0. The lowest BCUT2D eigenvalue weighted by atomic mass is 10.2. The first kappa shape index (κ1) is 20.2. The van der Waals surface area contributed by atoms with Crippen molar-refractivity contribution >= 4 is 29.3 Å². The molecule has 0 aliphatic heterocycles. The van der Waals surface area contributed by atoms with Crippen molar-refractivity contribution in [3.05, 3.63) is 87.2 Å². The Morgan fingerprint density at radius 3 is 2.64 bits per heavy atom. The van der Waals surface area contributed by atoms with Crippen molar-refractivity contribution in [1.29, 1.82) is 0 Å². The first-order valence-electron chi connectivity index (χ1n) is 8.78. The molecule has 0 bridgehead atoms.